The minimum Gasteiger partial charge on any atom is -0.545 e. The maximum atomic E-state index is 10.4. The maximum Gasteiger partial charge on any atom is 0.126 e. The van der Waals surface area contributed by atoms with Crippen molar-refractivity contribution in [3.8, 4) is 0 Å². The van der Waals surface area contributed by atoms with E-state index in [1.807, 2.05) is 0 Å². The number of carboxylic acids is 1. The summed E-state index contributed by atoms with van der Waals surface area (Å²) in [6, 6.07) is 3.40. The van der Waals surface area contributed by atoms with Crippen molar-refractivity contribution < 1.29 is 14.3 Å². The van der Waals surface area contributed by atoms with Gasteiger partial charge in [-0.05, 0) is 30.2 Å². The van der Waals surface area contributed by atoms with Crippen LogP contribution in [0.4, 0.5) is 0 Å². The van der Waals surface area contributed by atoms with Gasteiger partial charge in [-0.15, -0.1) is 0 Å². The van der Waals surface area contributed by atoms with Gasteiger partial charge in [-0.2, -0.15) is 0 Å². The van der Waals surface area contributed by atoms with E-state index in [1.165, 1.54) is 12.3 Å². The van der Waals surface area contributed by atoms with Gasteiger partial charge in [-0.25, -0.2) is 0 Å². The molecule has 0 unspecified atom stereocenters. The SMILES string of the molecule is CC/C(=C\c1ccco1)C(=O)[O-]. The molecule has 3 heteroatoms. The van der Waals surface area contributed by atoms with Crippen molar-refractivity contribution in [1.29, 1.82) is 0 Å². The van der Waals surface area contributed by atoms with E-state index in [0.717, 1.165) is 0 Å². The zero-order valence-corrected chi connectivity index (χ0v) is 6.74. The van der Waals surface area contributed by atoms with Gasteiger partial charge in [0.1, 0.15) is 5.76 Å². The zero-order valence-electron chi connectivity index (χ0n) is 6.74. The number of furan rings is 1. The molecule has 0 aliphatic heterocycles. The highest BCUT2D eigenvalue weighted by molar-refractivity contribution is 5.89. The summed E-state index contributed by atoms with van der Waals surface area (Å²) in [5.74, 6) is -0.607. The van der Waals surface area contributed by atoms with E-state index in [0.29, 0.717) is 12.2 Å². The number of carboxylic acid groups (broad SMARTS) is 1. The van der Waals surface area contributed by atoms with Crippen LogP contribution in [0.25, 0.3) is 6.08 Å². The summed E-state index contributed by atoms with van der Waals surface area (Å²) in [4.78, 5) is 10.4. The Kier molecular flexibility index (Phi) is 2.69. The molecule has 0 radical (unpaired) electrons. The zero-order chi connectivity index (χ0) is 8.97. The van der Waals surface area contributed by atoms with E-state index in [1.54, 1.807) is 19.1 Å². The second-order valence-electron chi connectivity index (χ2n) is 2.33. The minimum absolute atomic E-state index is 0.241. The summed E-state index contributed by atoms with van der Waals surface area (Å²) >= 11 is 0. The molecule has 0 aliphatic carbocycles. The summed E-state index contributed by atoms with van der Waals surface area (Å²) in [5.41, 5.74) is 0.241. The fourth-order valence-corrected chi connectivity index (χ4v) is 0.850. The minimum atomic E-state index is -1.14. The van der Waals surface area contributed by atoms with Gasteiger partial charge in [0.15, 0.2) is 0 Å². The monoisotopic (exact) mass is 165 g/mol. The van der Waals surface area contributed by atoms with Gasteiger partial charge in [-0.1, -0.05) is 6.92 Å². The largest absolute Gasteiger partial charge is 0.545 e. The predicted molar refractivity (Wildman–Crippen MR) is 42.0 cm³/mol. The van der Waals surface area contributed by atoms with E-state index < -0.39 is 5.97 Å². The van der Waals surface area contributed by atoms with Crippen molar-refractivity contribution in [1.82, 2.24) is 0 Å². The lowest BCUT2D eigenvalue weighted by Gasteiger charge is -2.03. The van der Waals surface area contributed by atoms with E-state index in [4.69, 9.17) is 4.42 Å². The highest BCUT2D eigenvalue weighted by Gasteiger charge is 1.96. The van der Waals surface area contributed by atoms with Gasteiger partial charge in [0.2, 0.25) is 0 Å². The third-order valence-electron chi connectivity index (χ3n) is 1.50. The molecule has 0 aliphatic rings. The average molecular weight is 165 g/mol. The Morgan fingerprint density at radius 1 is 1.75 bits per heavy atom. The molecular formula is C9H9O3-. The van der Waals surface area contributed by atoms with Crippen LogP contribution in [-0.4, -0.2) is 5.97 Å². The summed E-state index contributed by atoms with van der Waals surface area (Å²) in [7, 11) is 0. The Hall–Kier alpha value is -1.51. The topological polar surface area (TPSA) is 53.3 Å². The fourth-order valence-electron chi connectivity index (χ4n) is 0.850. The normalized spacial score (nSPS) is 11.6. The summed E-state index contributed by atoms with van der Waals surface area (Å²) < 4.78 is 4.95. The molecule has 64 valence electrons. The van der Waals surface area contributed by atoms with Crippen molar-refractivity contribution in [3.63, 3.8) is 0 Å². The van der Waals surface area contributed by atoms with Crippen molar-refractivity contribution in [2.24, 2.45) is 0 Å². The van der Waals surface area contributed by atoms with E-state index in [9.17, 15) is 9.90 Å². The third-order valence-corrected chi connectivity index (χ3v) is 1.50. The smallest absolute Gasteiger partial charge is 0.126 e. The highest BCUT2D eigenvalue weighted by Crippen LogP contribution is 2.09. The number of aliphatic carboxylic acids is 1. The van der Waals surface area contributed by atoms with Gasteiger partial charge in [-0.3, -0.25) is 0 Å². The van der Waals surface area contributed by atoms with E-state index in [2.05, 4.69) is 0 Å². The number of hydrogen-bond acceptors (Lipinski definition) is 3. The summed E-state index contributed by atoms with van der Waals surface area (Å²) in [5, 5.41) is 10.4. The summed E-state index contributed by atoms with van der Waals surface area (Å²) in [6.07, 6.45) is 3.40. The molecule has 1 aromatic rings. The molecule has 0 spiro atoms. The Balaban J connectivity index is 2.85. The first-order valence-corrected chi connectivity index (χ1v) is 3.69. The van der Waals surface area contributed by atoms with Crippen LogP contribution in [0, 0.1) is 0 Å². The Bertz CT molecular complexity index is 283. The number of carbonyl (C=O) groups excluding carboxylic acids is 1. The first-order chi connectivity index (χ1) is 5.74. The quantitative estimate of drug-likeness (QED) is 0.623. The Morgan fingerprint density at radius 2 is 2.50 bits per heavy atom. The summed E-state index contributed by atoms with van der Waals surface area (Å²) in [6.45, 7) is 1.75. The average Bonchev–Trinajstić information content (AvgIpc) is 2.51. The molecule has 0 N–H and O–H groups in total. The van der Waals surface area contributed by atoms with Crippen LogP contribution < -0.4 is 5.11 Å². The molecule has 0 aromatic carbocycles. The molecule has 0 bridgehead atoms. The first-order valence-electron chi connectivity index (χ1n) is 3.69. The molecule has 1 heterocycles. The molecule has 12 heavy (non-hydrogen) atoms. The molecular weight excluding hydrogens is 156 g/mol. The van der Waals surface area contributed by atoms with E-state index >= 15 is 0 Å². The van der Waals surface area contributed by atoms with Crippen LogP contribution in [0.1, 0.15) is 19.1 Å². The van der Waals surface area contributed by atoms with Crippen LogP contribution in [-0.2, 0) is 4.79 Å². The lowest BCUT2D eigenvalue weighted by Crippen LogP contribution is -2.23. The standard InChI is InChI=1S/C9H10O3/c1-2-7(9(10)11)6-8-4-3-5-12-8/h3-6H,2H2,1H3,(H,10,11)/p-1/b7-6+. The molecule has 1 rings (SSSR count). The van der Waals surface area contributed by atoms with E-state index in [-0.39, 0.29) is 5.57 Å². The lowest BCUT2D eigenvalue weighted by atomic mass is 10.2. The molecule has 0 amide bonds. The Morgan fingerprint density at radius 3 is 2.92 bits per heavy atom. The number of hydrogen-bond donors (Lipinski definition) is 0. The first kappa shape index (κ1) is 8.59. The molecule has 0 saturated carbocycles. The molecule has 0 atom stereocenters. The molecule has 1 aromatic heterocycles. The maximum absolute atomic E-state index is 10.4. The fraction of sp³-hybridized carbons (Fsp3) is 0.222. The van der Waals surface area contributed by atoms with Gasteiger partial charge < -0.3 is 14.3 Å². The van der Waals surface area contributed by atoms with Crippen LogP contribution >= 0.6 is 0 Å². The lowest BCUT2D eigenvalue weighted by molar-refractivity contribution is -0.299. The second-order valence-corrected chi connectivity index (χ2v) is 2.33. The molecule has 3 nitrogen and oxygen atoms in total. The van der Waals surface area contributed by atoms with Crippen molar-refractivity contribution >= 4 is 12.0 Å². The van der Waals surface area contributed by atoms with Crippen molar-refractivity contribution in [3.05, 3.63) is 29.7 Å². The predicted octanol–water partition coefficient (Wildman–Crippen LogP) is 0.823. The molecule has 0 fully saturated rings. The molecule has 0 saturated heterocycles. The second kappa shape index (κ2) is 3.76. The Labute approximate surface area is 70.3 Å². The van der Waals surface area contributed by atoms with Gasteiger partial charge in [0.25, 0.3) is 0 Å². The third kappa shape index (κ3) is 1.99. The van der Waals surface area contributed by atoms with Crippen LogP contribution in [0.15, 0.2) is 28.4 Å². The highest BCUT2D eigenvalue weighted by atomic mass is 16.4. The van der Waals surface area contributed by atoms with Crippen LogP contribution in [0.5, 0.6) is 0 Å². The number of rotatable bonds is 3. The van der Waals surface area contributed by atoms with Crippen LogP contribution in [0.3, 0.4) is 0 Å². The number of carbonyl (C=O) groups is 1. The van der Waals surface area contributed by atoms with Crippen LogP contribution in [0.2, 0.25) is 0 Å². The van der Waals surface area contributed by atoms with Crippen molar-refractivity contribution in [2.75, 3.05) is 0 Å². The van der Waals surface area contributed by atoms with Crippen molar-refractivity contribution in [2.45, 2.75) is 13.3 Å². The van der Waals surface area contributed by atoms with Gasteiger partial charge in [0.05, 0.1) is 12.2 Å². The van der Waals surface area contributed by atoms with Gasteiger partial charge >= 0.3 is 0 Å². The van der Waals surface area contributed by atoms with Gasteiger partial charge in [0, 0.05) is 0 Å².